The van der Waals surface area contributed by atoms with Gasteiger partial charge in [-0.25, -0.2) is 21.6 Å². The van der Waals surface area contributed by atoms with Crippen LogP contribution in [0.5, 0.6) is 0 Å². The molecule has 1 aromatic carbocycles. The number of rotatable bonds is 6. The van der Waals surface area contributed by atoms with E-state index in [2.05, 4.69) is 0 Å². The molecule has 0 amide bonds. The van der Waals surface area contributed by atoms with Crippen molar-refractivity contribution in [2.75, 3.05) is 20.2 Å². The van der Waals surface area contributed by atoms with Crippen molar-refractivity contribution in [3.8, 4) is 0 Å². The molecule has 8 nitrogen and oxygen atoms in total. The van der Waals surface area contributed by atoms with E-state index in [4.69, 9.17) is 9.47 Å². The number of aromatic nitrogens is 1. The van der Waals surface area contributed by atoms with Crippen LogP contribution in [0.15, 0.2) is 54.5 Å². The summed E-state index contributed by atoms with van der Waals surface area (Å²) in [6, 6.07) is 6.20. The highest BCUT2D eigenvalue weighted by atomic mass is 32.2. The number of fused-ring (bicyclic) bond motifs is 1. The number of benzene rings is 1. The van der Waals surface area contributed by atoms with Gasteiger partial charge in [0.1, 0.15) is 16.2 Å². The van der Waals surface area contributed by atoms with E-state index in [0.717, 1.165) is 10.4 Å². The topological polar surface area (TPSA) is 94.9 Å². The van der Waals surface area contributed by atoms with Crippen molar-refractivity contribution in [1.82, 2.24) is 8.87 Å². The first-order chi connectivity index (χ1) is 17.7. The lowest BCUT2D eigenvalue weighted by molar-refractivity contribution is -0.157. The zero-order valence-corrected chi connectivity index (χ0v) is 23.5. The van der Waals surface area contributed by atoms with E-state index < -0.39 is 49.6 Å². The quantitative estimate of drug-likeness (QED) is 0.489. The van der Waals surface area contributed by atoms with Crippen LogP contribution in [-0.2, 0) is 24.3 Å². The Bertz CT molecular complexity index is 1440. The van der Waals surface area contributed by atoms with E-state index in [1.165, 1.54) is 38.4 Å². The van der Waals surface area contributed by atoms with Crippen LogP contribution in [0.1, 0.15) is 57.8 Å². The summed E-state index contributed by atoms with van der Waals surface area (Å²) in [5.41, 5.74) is -1.05. The zero-order valence-electron chi connectivity index (χ0n) is 22.7. The van der Waals surface area contributed by atoms with Gasteiger partial charge in [-0.2, -0.15) is 0 Å². The molecule has 2 aromatic rings. The standard InChI is InChI=1S/C28H35FN2O6S/c1-26(2,3)37-24(32)18-30-16-9-15-27(30,4)22-12-8-13-23(29)28(22,5)38(34,35)31-17-14-19-20(25(33)36-6)10-7-11-21(19)31/h7-8,10-14,17,22H,9,15-16,18H2,1-6H3/t22?,27?,28-/m1/s1. The minimum atomic E-state index is -4.42. The van der Waals surface area contributed by atoms with Gasteiger partial charge in [-0.15, -0.1) is 0 Å². The Balaban J connectivity index is 1.80. The molecule has 10 heteroatoms. The van der Waals surface area contributed by atoms with Crippen molar-refractivity contribution in [2.45, 2.75) is 63.3 Å². The highest BCUT2D eigenvalue weighted by Crippen LogP contribution is 2.50. The Morgan fingerprint density at radius 2 is 1.89 bits per heavy atom. The van der Waals surface area contributed by atoms with Gasteiger partial charge in [0.2, 0.25) is 0 Å². The third-order valence-electron chi connectivity index (χ3n) is 7.75. The lowest BCUT2D eigenvalue weighted by Crippen LogP contribution is -2.60. The van der Waals surface area contributed by atoms with Crippen LogP contribution in [0.3, 0.4) is 0 Å². The van der Waals surface area contributed by atoms with Crippen molar-refractivity contribution in [3.63, 3.8) is 0 Å². The second-order valence-corrected chi connectivity index (χ2v) is 13.5. The van der Waals surface area contributed by atoms with Crippen molar-refractivity contribution in [3.05, 3.63) is 60.1 Å². The van der Waals surface area contributed by atoms with Gasteiger partial charge in [0.15, 0.2) is 0 Å². The molecular formula is C28H35FN2O6S. The summed E-state index contributed by atoms with van der Waals surface area (Å²) in [5.74, 6) is -2.63. The van der Waals surface area contributed by atoms with Crippen LogP contribution < -0.4 is 0 Å². The second kappa shape index (κ2) is 9.64. The maximum Gasteiger partial charge on any atom is 0.338 e. The number of likely N-dealkylation sites (tertiary alicyclic amines) is 1. The van der Waals surface area contributed by atoms with Crippen molar-refractivity contribution >= 4 is 32.9 Å². The average molecular weight is 547 g/mol. The first-order valence-electron chi connectivity index (χ1n) is 12.6. The number of methoxy groups -OCH3 is 1. The molecule has 2 unspecified atom stereocenters. The largest absolute Gasteiger partial charge is 0.465 e. The van der Waals surface area contributed by atoms with Gasteiger partial charge in [-0.1, -0.05) is 18.2 Å². The molecule has 1 fully saturated rings. The van der Waals surface area contributed by atoms with Crippen LogP contribution in [-0.4, -0.2) is 65.3 Å². The molecule has 0 saturated carbocycles. The fraction of sp³-hybridized carbons (Fsp3) is 0.500. The summed E-state index contributed by atoms with van der Waals surface area (Å²) in [5, 5.41) is 0.387. The highest BCUT2D eigenvalue weighted by Gasteiger charge is 2.59. The van der Waals surface area contributed by atoms with Crippen molar-refractivity contribution < 1.29 is 31.9 Å². The van der Waals surface area contributed by atoms with Crippen LogP contribution >= 0.6 is 0 Å². The van der Waals surface area contributed by atoms with Gasteiger partial charge in [-0.05, 0) is 78.3 Å². The lowest BCUT2D eigenvalue weighted by atomic mass is 9.72. The molecule has 1 aromatic heterocycles. The van der Waals surface area contributed by atoms with Gasteiger partial charge in [0.05, 0.1) is 24.7 Å². The van der Waals surface area contributed by atoms with Crippen LogP contribution in [0.2, 0.25) is 0 Å². The summed E-state index contributed by atoms with van der Waals surface area (Å²) in [4.78, 5) is 26.9. The average Bonchev–Trinajstić information content (AvgIpc) is 3.43. The molecule has 2 heterocycles. The van der Waals surface area contributed by atoms with Gasteiger partial charge >= 0.3 is 11.9 Å². The maximum atomic E-state index is 15.9. The Labute approximate surface area is 223 Å². The number of esters is 2. The SMILES string of the molecule is COC(=O)c1cccc2c1ccn2S(=O)(=O)[C@@]1(C)C(F)=CC=CC1C1(C)CCCN1CC(=O)OC(C)(C)C. The molecule has 0 spiro atoms. The smallest absolute Gasteiger partial charge is 0.338 e. The van der Waals surface area contributed by atoms with Crippen LogP contribution in [0.25, 0.3) is 10.9 Å². The molecule has 1 aliphatic heterocycles. The van der Waals surface area contributed by atoms with E-state index in [0.29, 0.717) is 18.4 Å². The third-order valence-corrected chi connectivity index (χ3v) is 10.1. The van der Waals surface area contributed by atoms with E-state index >= 15 is 4.39 Å². The van der Waals surface area contributed by atoms with Crippen molar-refractivity contribution in [2.24, 2.45) is 5.92 Å². The fourth-order valence-electron chi connectivity index (χ4n) is 5.86. The van der Waals surface area contributed by atoms with Gasteiger partial charge in [0, 0.05) is 23.0 Å². The maximum absolute atomic E-state index is 15.9. The monoisotopic (exact) mass is 546 g/mol. The molecule has 1 aliphatic carbocycles. The molecule has 3 atom stereocenters. The molecule has 206 valence electrons. The van der Waals surface area contributed by atoms with Crippen molar-refractivity contribution in [1.29, 1.82) is 0 Å². The molecular weight excluding hydrogens is 511 g/mol. The fourth-order valence-corrected chi connectivity index (χ4v) is 7.88. The lowest BCUT2D eigenvalue weighted by Gasteiger charge is -2.48. The number of carbonyl (C=O) groups is 2. The summed E-state index contributed by atoms with van der Waals surface area (Å²) in [7, 11) is -3.17. The van der Waals surface area contributed by atoms with Gasteiger partial charge in [-0.3, -0.25) is 9.69 Å². The molecule has 1 saturated heterocycles. The number of hydrogen-bond acceptors (Lipinski definition) is 7. The molecule has 0 N–H and O–H groups in total. The Kier molecular flexibility index (Phi) is 7.12. The first-order valence-corrected chi connectivity index (χ1v) is 14.1. The van der Waals surface area contributed by atoms with Crippen LogP contribution in [0.4, 0.5) is 4.39 Å². The third kappa shape index (κ3) is 4.47. The zero-order chi connectivity index (χ0) is 28.1. The van der Waals surface area contributed by atoms with E-state index in [-0.39, 0.29) is 17.6 Å². The van der Waals surface area contributed by atoms with Crippen LogP contribution in [0, 0.1) is 5.92 Å². The van der Waals surface area contributed by atoms with E-state index in [1.807, 2.05) is 11.8 Å². The minimum Gasteiger partial charge on any atom is -0.465 e. The summed E-state index contributed by atoms with van der Waals surface area (Å²) >= 11 is 0. The number of hydrogen-bond donors (Lipinski definition) is 0. The number of ether oxygens (including phenoxy) is 2. The summed E-state index contributed by atoms with van der Waals surface area (Å²) in [6.07, 6.45) is 7.07. The van der Waals surface area contributed by atoms with E-state index in [1.54, 1.807) is 45.0 Å². The molecule has 0 radical (unpaired) electrons. The summed E-state index contributed by atoms with van der Waals surface area (Å²) < 4.78 is 54.1. The molecule has 38 heavy (non-hydrogen) atoms. The molecule has 4 rings (SSSR count). The number of halogens is 1. The molecule has 2 aliphatic rings. The number of nitrogens with zero attached hydrogens (tertiary/aromatic N) is 2. The number of carbonyl (C=O) groups excluding carboxylic acids is 2. The minimum absolute atomic E-state index is 0.0332. The predicted octanol–water partition coefficient (Wildman–Crippen LogP) is 4.60. The predicted molar refractivity (Wildman–Crippen MR) is 143 cm³/mol. The first kappa shape index (κ1) is 28.0. The number of allylic oxidation sites excluding steroid dienone is 2. The Morgan fingerprint density at radius 1 is 1.18 bits per heavy atom. The molecule has 0 bridgehead atoms. The Morgan fingerprint density at radius 3 is 2.55 bits per heavy atom. The van der Waals surface area contributed by atoms with E-state index in [9.17, 15) is 18.0 Å². The van der Waals surface area contributed by atoms with Gasteiger partial charge in [0.25, 0.3) is 10.0 Å². The summed E-state index contributed by atoms with van der Waals surface area (Å²) in [6.45, 7) is 9.16. The Hall–Kier alpha value is -2.98. The second-order valence-electron chi connectivity index (χ2n) is 11.3. The normalized spacial score (nSPS) is 26.4. The van der Waals surface area contributed by atoms with Gasteiger partial charge < -0.3 is 9.47 Å². The highest BCUT2D eigenvalue weighted by molar-refractivity contribution is 7.91.